The molecule has 6 heteroatoms. The second-order valence-electron chi connectivity index (χ2n) is 4.37. The highest BCUT2D eigenvalue weighted by molar-refractivity contribution is 9.10. The molecule has 4 N–H and O–H groups in total. The number of nitrogen functional groups attached to an aromatic ring is 1. The average Bonchev–Trinajstić information content (AvgIpc) is 2.91. The first-order chi connectivity index (χ1) is 9.13. The molecule has 4 nitrogen and oxygen atoms in total. The van der Waals surface area contributed by atoms with Gasteiger partial charge in [-0.2, -0.15) is 0 Å². The Kier molecular flexibility index (Phi) is 3.20. The van der Waals surface area contributed by atoms with Crippen LogP contribution in [-0.2, 0) is 17.8 Å². The SMILES string of the molecule is Nc1cc2c(cc1NCc1sccc1Br)NC(=O)C2. The molecular formula is C13H12BrN3OS. The van der Waals surface area contributed by atoms with E-state index in [-0.39, 0.29) is 5.91 Å². The maximum absolute atomic E-state index is 11.3. The van der Waals surface area contributed by atoms with E-state index in [0.717, 1.165) is 21.4 Å². The summed E-state index contributed by atoms with van der Waals surface area (Å²) >= 11 is 5.18. The third kappa shape index (κ3) is 2.46. The molecule has 1 aliphatic rings. The van der Waals surface area contributed by atoms with Crippen LogP contribution in [0.25, 0.3) is 0 Å². The number of amides is 1. The van der Waals surface area contributed by atoms with Crippen LogP contribution in [0, 0.1) is 0 Å². The summed E-state index contributed by atoms with van der Waals surface area (Å²) in [5.41, 5.74) is 9.34. The van der Waals surface area contributed by atoms with Gasteiger partial charge in [-0.1, -0.05) is 0 Å². The fourth-order valence-electron chi connectivity index (χ4n) is 2.07. The van der Waals surface area contributed by atoms with Gasteiger partial charge >= 0.3 is 0 Å². The van der Waals surface area contributed by atoms with Crippen LogP contribution in [-0.4, -0.2) is 5.91 Å². The Morgan fingerprint density at radius 2 is 2.32 bits per heavy atom. The number of anilines is 3. The lowest BCUT2D eigenvalue weighted by Gasteiger charge is -2.11. The van der Waals surface area contributed by atoms with E-state index in [2.05, 4.69) is 26.6 Å². The molecule has 0 spiro atoms. The summed E-state index contributed by atoms with van der Waals surface area (Å²) in [6.07, 6.45) is 0.413. The number of carbonyl (C=O) groups excluding carboxylic acids is 1. The normalized spacial score (nSPS) is 13.2. The Labute approximate surface area is 123 Å². The van der Waals surface area contributed by atoms with Crippen molar-refractivity contribution < 1.29 is 4.79 Å². The van der Waals surface area contributed by atoms with Gasteiger partial charge in [0.2, 0.25) is 5.91 Å². The van der Waals surface area contributed by atoms with E-state index in [4.69, 9.17) is 5.73 Å². The molecule has 98 valence electrons. The van der Waals surface area contributed by atoms with Gasteiger partial charge in [-0.05, 0) is 45.1 Å². The van der Waals surface area contributed by atoms with E-state index < -0.39 is 0 Å². The van der Waals surface area contributed by atoms with Crippen LogP contribution in [0.4, 0.5) is 17.1 Å². The Morgan fingerprint density at radius 1 is 1.47 bits per heavy atom. The third-order valence-electron chi connectivity index (χ3n) is 3.03. The van der Waals surface area contributed by atoms with Crippen LogP contribution in [0.15, 0.2) is 28.1 Å². The number of fused-ring (bicyclic) bond motifs is 1. The lowest BCUT2D eigenvalue weighted by atomic mass is 10.1. The minimum atomic E-state index is 0.0209. The van der Waals surface area contributed by atoms with Crippen LogP contribution < -0.4 is 16.4 Å². The van der Waals surface area contributed by atoms with Gasteiger partial charge in [0.15, 0.2) is 0 Å². The third-order valence-corrected chi connectivity index (χ3v) is 4.96. The summed E-state index contributed by atoms with van der Waals surface area (Å²) < 4.78 is 1.10. The summed E-state index contributed by atoms with van der Waals surface area (Å²) in [5.74, 6) is 0.0209. The second-order valence-corrected chi connectivity index (χ2v) is 6.22. The maximum atomic E-state index is 11.3. The summed E-state index contributed by atoms with van der Waals surface area (Å²) in [4.78, 5) is 12.5. The van der Waals surface area contributed by atoms with Gasteiger partial charge in [0.25, 0.3) is 0 Å². The molecule has 0 saturated heterocycles. The zero-order valence-electron chi connectivity index (χ0n) is 10.00. The Balaban J connectivity index is 1.80. The van der Waals surface area contributed by atoms with E-state index in [9.17, 15) is 4.79 Å². The lowest BCUT2D eigenvalue weighted by molar-refractivity contribution is -0.115. The molecule has 2 aromatic rings. The molecule has 2 heterocycles. The van der Waals surface area contributed by atoms with E-state index in [1.165, 1.54) is 4.88 Å². The number of hydrogen-bond donors (Lipinski definition) is 3. The maximum Gasteiger partial charge on any atom is 0.228 e. The first-order valence-electron chi connectivity index (χ1n) is 5.81. The summed E-state index contributed by atoms with van der Waals surface area (Å²) in [6, 6.07) is 5.78. The van der Waals surface area contributed by atoms with E-state index in [1.54, 1.807) is 11.3 Å². The number of rotatable bonds is 3. The van der Waals surface area contributed by atoms with Crippen molar-refractivity contribution in [3.05, 3.63) is 38.5 Å². The van der Waals surface area contributed by atoms with E-state index in [0.29, 0.717) is 18.7 Å². The Hall–Kier alpha value is -1.53. The second kappa shape index (κ2) is 4.86. The highest BCUT2D eigenvalue weighted by Crippen LogP contribution is 2.32. The van der Waals surface area contributed by atoms with Crippen molar-refractivity contribution in [1.29, 1.82) is 0 Å². The molecule has 0 aliphatic carbocycles. The van der Waals surface area contributed by atoms with Crippen molar-refractivity contribution in [2.45, 2.75) is 13.0 Å². The van der Waals surface area contributed by atoms with Gasteiger partial charge in [-0.25, -0.2) is 0 Å². The van der Waals surface area contributed by atoms with Crippen molar-refractivity contribution >= 4 is 50.2 Å². The molecule has 3 rings (SSSR count). The molecule has 0 fully saturated rings. The standard InChI is InChI=1S/C13H12BrN3OS/c14-8-1-2-19-12(8)6-16-11-5-10-7(3-9(11)15)4-13(18)17-10/h1-3,5,16H,4,6,15H2,(H,17,18). The van der Waals surface area contributed by atoms with Gasteiger partial charge in [-0.15, -0.1) is 11.3 Å². The first-order valence-corrected chi connectivity index (χ1v) is 7.49. The summed E-state index contributed by atoms with van der Waals surface area (Å²) in [6.45, 7) is 0.704. The van der Waals surface area contributed by atoms with Crippen molar-refractivity contribution in [1.82, 2.24) is 0 Å². The predicted molar refractivity (Wildman–Crippen MR) is 82.5 cm³/mol. The highest BCUT2D eigenvalue weighted by atomic mass is 79.9. The molecule has 0 atom stereocenters. The van der Waals surface area contributed by atoms with Crippen molar-refractivity contribution in [2.24, 2.45) is 0 Å². The molecule has 0 radical (unpaired) electrons. The average molecular weight is 338 g/mol. The first kappa shape index (κ1) is 12.5. The highest BCUT2D eigenvalue weighted by Gasteiger charge is 2.19. The number of carbonyl (C=O) groups is 1. The van der Waals surface area contributed by atoms with E-state index in [1.807, 2.05) is 23.6 Å². The molecule has 19 heavy (non-hydrogen) atoms. The van der Waals surface area contributed by atoms with Gasteiger partial charge < -0.3 is 16.4 Å². The number of halogens is 1. The smallest absolute Gasteiger partial charge is 0.228 e. The van der Waals surface area contributed by atoms with Gasteiger partial charge in [0.05, 0.1) is 24.3 Å². The monoisotopic (exact) mass is 337 g/mol. The van der Waals surface area contributed by atoms with Crippen LogP contribution in [0.3, 0.4) is 0 Å². The number of hydrogen-bond acceptors (Lipinski definition) is 4. The summed E-state index contributed by atoms with van der Waals surface area (Å²) in [5, 5.41) is 8.17. The van der Waals surface area contributed by atoms with Crippen molar-refractivity contribution in [2.75, 3.05) is 16.4 Å². The van der Waals surface area contributed by atoms with Crippen LogP contribution in [0.5, 0.6) is 0 Å². The van der Waals surface area contributed by atoms with Crippen LogP contribution >= 0.6 is 27.3 Å². The van der Waals surface area contributed by atoms with E-state index >= 15 is 0 Å². The quantitative estimate of drug-likeness (QED) is 0.753. The Bertz CT molecular complexity index is 653. The fourth-order valence-corrected chi connectivity index (χ4v) is 3.51. The van der Waals surface area contributed by atoms with Crippen molar-refractivity contribution in [3.8, 4) is 0 Å². The van der Waals surface area contributed by atoms with Crippen molar-refractivity contribution in [3.63, 3.8) is 0 Å². The molecule has 1 aromatic heterocycles. The van der Waals surface area contributed by atoms with Gasteiger partial charge in [-0.3, -0.25) is 4.79 Å². The number of nitrogens with two attached hydrogens (primary N) is 1. The molecular weight excluding hydrogens is 326 g/mol. The zero-order chi connectivity index (χ0) is 13.4. The van der Waals surface area contributed by atoms with Gasteiger partial charge in [0.1, 0.15) is 0 Å². The molecule has 1 aliphatic heterocycles. The topological polar surface area (TPSA) is 67.2 Å². The fraction of sp³-hybridized carbons (Fsp3) is 0.154. The molecule has 0 saturated carbocycles. The van der Waals surface area contributed by atoms with Gasteiger partial charge in [0, 0.05) is 15.0 Å². The number of nitrogens with one attached hydrogen (secondary N) is 2. The minimum absolute atomic E-state index is 0.0209. The molecule has 1 aromatic carbocycles. The molecule has 0 bridgehead atoms. The minimum Gasteiger partial charge on any atom is -0.397 e. The Morgan fingerprint density at radius 3 is 3.05 bits per heavy atom. The predicted octanol–water partition coefficient (Wildman–Crippen LogP) is 3.20. The lowest BCUT2D eigenvalue weighted by Crippen LogP contribution is -2.04. The van der Waals surface area contributed by atoms with Crippen LogP contribution in [0.1, 0.15) is 10.4 Å². The largest absolute Gasteiger partial charge is 0.397 e. The molecule has 0 unspecified atom stereocenters. The number of thiophene rings is 1. The number of benzene rings is 1. The van der Waals surface area contributed by atoms with Crippen LogP contribution in [0.2, 0.25) is 0 Å². The summed E-state index contributed by atoms with van der Waals surface area (Å²) in [7, 11) is 0. The molecule has 1 amide bonds. The zero-order valence-corrected chi connectivity index (χ0v) is 12.4.